The lowest BCUT2D eigenvalue weighted by atomic mass is 10.1. The van der Waals surface area contributed by atoms with Crippen molar-refractivity contribution in [3.63, 3.8) is 0 Å². The van der Waals surface area contributed by atoms with Crippen LogP contribution in [-0.2, 0) is 9.59 Å². The lowest BCUT2D eigenvalue weighted by Gasteiger charge is -2.19. The number of hydrogen-bond acceptors (Lipinski definition) is 5. The average Bonchev–Trinajstić information content (AvgIpc) is 3.35. The molecule has 8 heteroatoms. The number of ether oxygens (including phenoxy) is 1. The van der Waals surface area contributed by atoms with Gasteiger partial charge in [0.15, 0.2) is 0 Å². The van der Waals surface area contributed by atoms with Gasteiger partial charge in [0.1, 0.15) is 5.75 Å². The number of hydrogen-bond donors (Lipinski definition) is 2. The molecule has 1 atom stereocenters. The van der Waals surface area contributed by atoms with Gasteiger partial charge in [-0.1, -0.05) is 18.2 Å². The molecule has 1 aliphatic rings. The molecule has 1 fully saturated rings. The van der Waals surface area contributed by atoms with Crippen molar-refractivity contribution in [1.82, 2.24) is 10.6 Å². The van der Waals surface area contributed by atoms with Crippen molar-refractivity contribution in [2.24, 2.45) is 5.92 Å². The molecule has 0 saturated carbocycles. The Bertz CT molecular complexity index is 822. The number of nitrogens with zero attached hydrogens (tertiary/aromatic N) is 1. The zero-order valence-electron chi connectivity index (χ0n) is 14.9. The minimum atomic E-state index is -0.421. The summed E-state index contributed by atoms with van der Waals surface area (Å²) < 4.78 is 5.30. The van der Waals surface area contributed by atoms with Crippen molar-refractivity contribution in [2.75, 3.05) is 31.6 Å². The highest BCUT2D eigenvalue weighted by atomic mass is 32.1. The van der Waals surface area contributed by atoms with Gasteiger partial charge in [0.25, 0.3) is 5.91 Å². The summed E-state index contributed by atoms with van der Waals surface area (Å²) in [6.45, 7) is 0.960. The van der Waals surface area contributed by atoms with Gasteiger partial charge in [-0.25, -0.2) is 0 Å². The fraction of sp³-hybridized carbons (Fsp3) is 0.316. The maximum atomic E-state index is 12.4. The number of benzene rings is 1. The molecule has 0 bridgehead atoms. The SMILES string of the molecule is COc1ccccc1N1C[C@H](C(=O)NCCNC(=O)c2cccs2)CC1=O. The number of rotatable bonds is 7. The van der Waals surface area contributed by atoms with Crippen LogP contribution >= 0.6 is 11.3 Å². The van der Waals surface area contributed by atoms with Crippen LogP contribution in [0.2, 0.25) is 0 Å². The van der Waals surface area contributed by atoms with Crippen LogP contribution in [-0.4, -0.2) is 44.5 Å². The van der Waals surface area contributed by atoms with E-state index >= 15 is 0 Å². The highest BCUT2D eigenvalue weighted by Gasteiger charge is 2.36. The Labute approximate surface area is 161 Å². The predicted molar refractivity (Wildman–Crippen MR) is 103 cm³/mol. The van der Waals surface area contributed by atoms with E-state index in [1.807, 2.05) is 23.6 Å². The molecule has 3 rings (SSSR count). The maximum absolute atomic E-state index is 12.4. The van der Waals surface area contributed by atoms with Crippen LogP contribution in [0.5, 0.6) is 5.75 Å². The number of carbonyl (C=O) groups excluding carboxylic acids is 3. The summed E-state index contributed by atoms with van der Waals surface area (Å²) >= 11 is 1.36. The summed E-state index contributed by atoms with van der Waals surface area (Å²) in [5, 5.41) is 7.37. The number of thiophene rings is 1. The van der Waals surface area contributed by atoms with Gasteiger partial charge < -0.3 is 20.3 Å². The number of anilines is 1. The van der Waals surface area contributed by atoms with Crippen LogP contribution in [0.4, 0.5) is 5.69 Å². The third-order valence-electron chi connectivity index (χ3n) is 4.33. The number of carbonyl (C=O) groups is 3. The fourth-order valence-electron chi connectivity index (χ4n) is 2.97. The van der Waals surface area contributed by atoms with Gasteiger partial charge >= 0.3 is 0 Å². The maximum Gasteiger partial charge on any atom is 0.261 e. The zero-order chi connectivity index (χ0) is 19.2. The topological polar surface area (TPSA) is 87.7 Å². The first-order valence-electron chi connectivity index (χ1n) is 8.63. The molecule has 1 aromatic carbocycles. The van der Waals surface area contributed by atoms with Crippen LogP contribution in [0.3, 0.4) is 0 Å². The molecule has 2 N–H and O–H groups in total. The van der Waals surface area contributed by atoms with E-state index in [2.05, 4.69) is 10.6 Å². The van der Waals surface area contributed by atoms with E-state index in [0.717, 1.165) is 0 Å². The molecule has 2 heterocycles. The second-order valence-corrected chi connectivity index (χ2v) is 7.05. The molecule has 1 aliphatic heterocycles. The second kappa shape index (κ2) is 8.68. The first kappa shape index (κ1) is 18.9. The lowest BCUT2D eigenvalue weighted by molar-refractivity contribution is -0.126. The Morgan fingerprint density at radius 1 is 1.19 bits per heavy atom. The zero-order valence-corrected chi connectivity index (χ0v) is 15.8. The Morgan fingerprint density at radius 3 is 2.70 bits per heavy atom. The predicted octanol–water partition coefficient (Wildman–Crippen LogP) is 1.66. The summed E-state index contributed by atoms with van der Waals surface area (Å²) in [6.07, 6.45) is 0.158. The summed E-state index contributed by atoms with van der Waals surface area (Å²) in [5.74, 6) is -0.270. The second-order valence-electron chi connectivity index (χ2n) is 6.10. The minimum absolute atomic E-state index is 0.106. The molecule has 27 heavy (non-hydrogen) atoms. The normalized spacial score (nSPS) is 16.3. The fourth-order valence-corrected chi connectivity index (χ4v) is 3.61. The monoisotopic (exact) mass is 387 g/mol. The van der Waals surface area contributed by atoms with Crippen molar-refractivity contribution in [3.8, 4) is 5.75 Å². The van der Waals surface area contributed by atoms with Gasteiger partial charge in [0.05, 0.1) is 23.6 Å². The molecule has 0 radical (unpaired) electrons. The number of nitrogens with one attached hydrogen (secondary N) is 2. The van der Waals surface area contributed by atoms with Gasteiger partial charge in [-0.3, -0.25) is 14.4 Å². The third-order valence-corrected chi connectivity index (χ3v) is 5.20. The summed E-state index contributed by atoms with van der Waals surface area (Å²) in [4.78, 5) is 38.8. The van der Waals surface area contributed by atoms with Crippen LogP contribution < -0.4 is 20.3 Å². The number of amides is 3. The van der Waals surface area contributed by atoms with Gasteiger partial charge in [-0.2, -0.15) is 0 Å². The highest BCUT2D eigenvalue weighted by Crippen LogP contribution is 2.32. The number of para-hydroxylation sites is 2. The molecule has 2 aromatic rings. The largest absolute Gasteiger partial charge is 0.495 e. The minimum Gasteiger partial charge on any atom is -0.495 e. The molecule has 1 saturated heterocycles. The molecule has 0 spiro atoms. The molecule has 142 valence electrons. The van der Waals surface area contributed by atoms with E-state index in [1.54, 1.807) is 30.2 Å². The Hall–Kier alpha value is -2.87. The smallest absolute Gasteiger partial charge is 0.261 e. The first-order valence-corrected chi connectivity index (χ1v) is 9.51. The Kier molecular flexibility index (Phi) is 6.08. The van der Waals surface area contributed by atoms with E-state index in [1.165, 1.54) is 11.3 Å². The van der Waals surface area contributed by atoms with Gasteiger partial charge in [0, 0.05) is 26.1 Å². The van der Waals surface area contributed by atoms with Crippen molar-refractivity contribution < 1.29 is 19.1 Å². The quantitative estimate of drug-likeness (QED) is 0.708. The van der Waals surface area contributed by atoms with Crippen LogP contribution in [0.25, 0.3) is 0 Å². The van der Waals surface area contributed by atoms with Gasteiger partial charge in [0.2, 0.25) is 11.8 Å². The molecule has 0 unspecified atom stereocenters. The summed E-state index contributed by atoms with van der Waals surface area (Å²) in [6, 6.07) is 10.8. The molecule has 0 aliphatic carbocycles. The van der Waals surface area contributed by atoms with Gasteiger partial charge in [-0.05, 0) is 23.6 Å². The van der Waals surface area contributed by atoms with E-state index in [-0.39, 0.29) is 24.1 Å². The highest BCUT2D eigenvalue weighted by molar-refractivity contribution is 7.12. The van der Waals surface area contributed by atoms with Crippen LogP contribution in [0.1, 0.15) is 16.1 Å². The third kappa shape index (κ3) is 4.46. The molecule has 7 nitrogen and oxygen atoms in total. The average molecular weight is 387 g/mol. The molecule has 3 amide bonds. The first-order chi connectivity index (χ1) is 13.1. The summed E-state index contributed by atoms with van der Waals surface area (Å²) in [5.41, 5.74) is 0.670. The van der Waals surface area contributed by atoms with E-state index in [9.17, 15) is 14.4 Å². The van der Waals surface area contributed by atoms with Crippen molar-refractivity contribution >= 4 is 34.7 Å². The molecule has 1 aromatic heterocycles. The molecular formula is C19H21N3O4S. The van der Waals surface area contributed by atoms with Crippen molar-refractivity contribution in [1.29, 1.82) is 0 Å². The standard InChI is InChI=1S/C19H21N3O4S/c1-26-15-6-3-2-5-14(15)22-12-13(11-17(22)23)18(24)20-8-9-21-19(25)16-7-4-10-27-16/h2-7,10,13H,8-9,11-12H2,1H3,(H,20,24)(H,21,25)/t13-/m1/s1. The van der Waals surface area contributed by atoms with E-state index in [4.69, 9.17) is 4.74 Å². The van der Waals surface area contributed by atoms with Crippen molar-refractivity contribution in [2.45, 2.75) is 6.42 Å². The van der Waals surface area contributed by atoms with E-state index in [0.29, 0.717) is 35.9 Å². The van der Waals surface area contributed by atoms with Crippen LogP contribution in [0.15, 0.2) is 41.8 Å². The number of methoxy groups -OCH3 is 1. The Balaban J connectivity index is 1.48. The van der Waals surface area contributed by atoms with E-state index < -0.39 is 5.92 Å². The summed E-state index contributed by atoms with van der Waals surface area (Å²) in [7, 11) is 1.55. The Morgan fingerprint density at radius 2 is 1.96 bits per heavy atom. The van der Waals surface area contributed by atoms with Gasteiger partial charge in [-0.15, -0.1) is 11.3 Å². The van der Waals surface area contributed by atoms with Crippen molar-refractivity contribution in [3.05, 3.63) is 46.7 Å². The lowest BCUT2D eigenvalue weighted by Crippen LogP contribution is -2.38. The van der Waals surface area contributed by atoms with Crippen LogP contribution in [0, 0.1) is 5.92 Å². The molecular weight excluding hydrogens is 366 g/mol.